The Balaban J connectivity index is 1.45. The fraction of sp³-hybridized carbons (Fsp3) is 0.0690. The standard InChI is InChI=1S/C29H21Cl2N3O3S/c1-36-25-16-19(13-14-24(25)37-18-20-8-5-6-11-22(20)30)17-26-28(35)34(21-9-3-2-4-10-21)29(38-26)33-23-12-7-15-32-27(23)31/h2-17H,18H2,1H3/b26-17-,33-29?. The fourth-order valence-electron chi connectivity index (χ4n) is 3.73. The van der Waals surface area contributed by atoms with Gasteiger partial charge in [-0.2, -0.15) is 0 Å². The zero-order valence-electron chi connectivity index (χ0n) is 20.2. The number of amides is 1. The maximum absolute atomic E-state index is 13.5. The molecule has 0 bridgehead atoms. The maximum atomic E-state index is 13.5. The second kappa shape index (κ2) is 11.7. The molecule has 1 fully saturated rings. The van der Waals surface area contributed by atoms with Crippen molar-refractivity contribution in [3.8, 4) is 11.5 Å². The molecule has 5 rings (SSSR count). The van der Waals surface area contributed by atoms with Crippen molar-refractivity contribution in [1.82, 2.24) is 4.98 Å². The van der Waals surface area contributed by atoms with E-state index in [4.69, 9.17) is 32.7 Å². The summed E-state index contributed by atoms with van der Waals surface area (Å²) in [5.41, 5.74) is 2.83. The van der Waals surface area contributed by atoms with Crippen molar-refractivity contribution in [2.24, 2.45) is 4.99 Å². The van der Waals surface area contributed by atoms with Gasteiger partial charge in [-0.1, -0.05) is 65.7 Å². The minimum Gasteiger partial charge on any atom is -0.493 e. The molecule has 0 spiro atoms. The van der Waals surface area contributed by atoms with Gasteiger partial charge in [-0.25, -0.2) is 9.98 Å². The average molecular weight is 562 g/mol. The number of carbonyl (C=O) groups is 1. The highest BCUT2D eigenvalue weighted by atomic mass is 35.5. The van der Waals surface area contributed by atoms with E-state index in [9.17, 15) is 4.79 Å². The Morgan fingerprint density at radius 2 is 1.76 bits per heavy atom. The summed E-state index contributed by atoms with van der Waals surface area (Å²) >= 11 is 13.8. The van der Waals surface area contributed by atoms with Crippen molar-refractivity contribution in [1.29, 1.82) is 0 Å². The molecule has 6 nitrogen and oxygen atoms in total. The number of hydrogen-bond donors (Lipinski definition) is 0. The number of hydrogen-bond acceptors (Lipinski definition) is 6. The molecule has 1 aliphatic rings. The van der Waals surface area contributed by atoms with Crippen LogP contribution >= 0.6 is 35.0 Å². The predicted octanol–water partition coefficient (Wildman–Crippen LogP) is 7.78. The molecule has 190 valence electrons. The Morgan fingerprint density at radius 3 is 2.53 bits per heavy atom. The highest BCUT2D eigenvalue weighted by Gasteiger charge is 2.35. The third kappa shape index (κ3) is 5.70. The van der Waals surface area contributed by atoms with Crippen molar-refractivity contribution in [3.63, 3.8) is 0 Å². The van der Waals surface area contributed by atoms with Gasteiger partial charge in [-0.05, 0) is 65.9 Å². The Bertz CT molecular complexity index is 1540. The van der Waals surface area contributed by atoms with E-state index in [0.717, 1.165) is 11.1 Å². The quantitative estimate of drug-likeness (QED) is 0.170. The smallest absolute Gasteiger partial charge is 0.271 e. The van der Waals surface area contributed by atoms with Crippen LogP contribution in [0.2, 0.25) is 10.2 Å². The molecular weight excluding hydrogens is 541 g/mol. The Labute approximate surface area is 234 Å². The molecule has 9 heteroatoms. The van der Waals surface area contributed by atoms with Gasteiger partial charge < -0.3 is 9.47 Å². The number of halogens is 2. The summed E-state index contributed by atoms with van der Waals surface area (Å²) < 4.78 is 11.5. The predicted molar refractivity (Wildman–Crippen MR) is 155 cm³/mol. The molecule has 0 atom stereocenters. The summed E-state index contributed by atoms with van der Waals surface area (Å²) in [6, 6.07) is 25.9. The highest BCUT2D eigenvalue weighted by Crippen LogP contribution is 2.39. The number of methoxy groups -OCH3 is 1. The number of aliphatic imine (C=N–C) groups is 1. The molecule has 38 heavy (non-hydrogen) atoms. The van der Waals surface area contributed by atoms with Gasteiger partial charge in [0.05, 0.1) is 17.7 Å². The van der Waals surface area contributed by atoms with Gasteiger partial charge in [-0.3, -0.25) is 9.69 Å². The summed E-state index contributed by atoms with van der Waals surface area (Å²) in [6.07, 6.45) is 3.39. The van der Waals surface area contributed by atoms with Crippen LogP contribution in [-0.4, -0.2) is 23.2 Å². The van der Waals surface area contributed by atoms with Crippen LogP contribution in [-0.2, 0) is 11.4 Å². The molecule has 1 saturated heterocycles. The molecule has 3 aromatic carbocycles. The minimum absolute atomic E-state index is 0.196. The second-order valence-corrected chi connectivity index (χ2v) is 9.86. The third-order valence-electron chi connectivity index (χ3n) is 5.60. The molecule has 2 heterocycles. The van der Waals surface area contributed by atoms with E-state index in [1.165, 1.54) is 11.8 Å². The van der Waals surface area contributed by atoms with E-state index in [1.54, 1.807) is 36.4 Å². The molecule has 4 aromatic rings. The van der Waals surface area contributed by atoms with Crippen LogP contribution < -0.4 is 14.4 Å². The van der Waals surface area contributed by atoms with Gasteiger partial charge in [-0.15, -0.1) is 0 Å². The van der Waals surface area contributed by atoms with Crippen molar-refractivity contribution in [3.05, 3.63) is 117 Å². The van der Waals surface area contributed by atoms with Crippen molar-refractivity contribution >= 4 is 63.5 Å². The monoisotopic (exact) mass is 561 g/mol. The highest BCUT2D eigenvalue weighted by molar-refractivity contribution is 8.19. The van der Waals surface area contributed by atoms with Crippen molar-refractivity contribution < 1.29 is 14.3 Å². The SMILES string of the molecule is COc1cc(/C=C2\SC(=Nc3cccnc3Cl)N(c3ccccc3)C2=O)ccc1OCc1ccccc1Cl. The Hall–Kier alpha value is -3.78. The van der Waals surface area contributed by atoms with Crippen molar-refractivity contribution in [2.75, 3.05) is 12.0 Å². The Kier molecular flexibility index (Phi) is 7.98. The number of rotatable bonds is 7. The normalized spacial score (nSPS) is 15.3. The van der Waals surface area contributed by atoms with Gasteiger partial charge in [0, 0.05) is 16.8 Å². The molecule has 0 aliphatic carbocycles. The van der Waals surface area contributed by atoms with E-state index in [1.807, 2.05) is 72.8 Å². The topological polar surface area (TPSA) is 64.0 Å². The van der Waals surface area contributed by atoms with Crippen molar-refractivity contribution in [2.45, 2.75) is 6.61 Å². The summed E-state index contributed by atoms with van der Waals surface area (Å²) in [5.74, 6) is 0.912. The number of pyridine rings is 1. The van der Waals surface area contributed by atoms with E-state index in [-0.39, 0.29) is 11.1 Å². The van der Waals surface area contributed by atoms with Crippen LogP contribution in [0.5, 0.6) is 11.5 Å². The lowest BCUT2D eigenvalue weighted by molar-refractivity contribution is -0.113. The van der Waals surface area contributed by atoms with E-state index in [2.05, 4.69) is 9.98 Å². The molecule has 0 N–H and O–H groups in total. The first-order chi connectivity index (χ1) is 18.5. The number of para-hydroxylation sites is 1. The van der Waals surface area contributed by atoms with E-state index >= 15 is 0 Å². The third-order valence-corrected chi connectivity index (χ3v) is 7.23. The van der Waals surface area contributed by atoms with Gasteiger partial charge in [0.1, 0.15) is 12.3 Å². The molecule has 0 saturated carbocycles. The number of amidine groups is 1. The van der Waals surface area contributed by atoms with E-state index < -0.39 is 0 Å². The van der Waals surface area contributed by atoms with E-state index in [0.29, 0.717) is 44.6 Å². The molecule has 1 aromatic heterocycles. The summed E-state index contributed by atoms with van der Waals surface area (Å²) in [4.78, 5) is 24.4. The van der Waals surface area contributed by atoms with Crippen LogP contribution in [0.1, 0.15) is 11.1 Å². The van der Waals surface area contributed by atoms with Gasteiger partial charge in [0.25, 0.3) is 5.91 Å². The Morgan fingerprint density at radius 1 is 0.974 bits per heavy atom. The van der Waals surface area contributed by atoms with Crippen LogP contribution in [0.15, 0.2) is 101 Å². The van der Waals surface area contributed by atoms with Gasteiger partial charge in [0.15, 0.2) is 21.8 Å². The zero-order valence-corrected chi connectivity index (χ0v) is 22.5. The lowest BCUT2D eigenvalue weighted by Crippen LogP contribution is -2.28. The minimum atomic E-state index is -0.196. The number of benzene rings is 3. The molecule has 0 unspecified atom stereocenters. The molecule has 1 aliphatic heterocycles. The first-order valence-corrected chi connectivity index (χ1v) is 13.1. The van der Waals surface area contributed by atoms with Gasteiger partial charge >= 0.3 is 0 Å². The van der Waals surface area contributed by atoms with Crippen LogP contribution in [0, 0.1) is 0 Å². The number of anilines is 1. The average Bonchev–Trinajstić information content (AvgIpc) is 3.24. The number of thioether (sulfide) groups is 1. The second-order valence-electron chi connectivity index (χ2n) is 8.08. The van der Waals surface area contributed by atoms with Crippen LogP contribution in [0.3, 0.4) is 0 Å². The summed E-state index contributed by atoms with van der Waals surface area (Å²) in [5, 5.41) is 1.38. The summed E-state index contributed by atoms with van der Waals surface area (Å²) in [6.45, 7) is 0.299. The maximum Gasteiger partial charge on any atom is 0.271 e. The largest absolute Gasteiger partial charge is 0.493 e. The molecule has 0 radical (unpaired) electrons. The van der Waals surface area contributed by atoms with Crippen LogP contribution in [0.4, 0.5) is 11.4 Å². The number of ether oxygens (including phenoxy) is 2. The number of aromatic nitrogens is 1. The lowest BCUT2D eigenvalue weighted by atomic mass is 10.1. The molecule has 1 amide bonds. The summed E-state index contributed by atoms with van der Waals surface area (Å²) in [7, 11) is 1.57. The first-order valence-electron chi connectivity index (χ1n) is 11.6. The lowest BCUT2D eigenvalue weighted by Gasteiger charge is -2.15. The first kappa shape index (κ1) is 25.9. The zero-order chi connectivity index (χ0) is 26.5. The number of nitrogens with zero attached hydrogens (tertiary/aromatic N) is 3. The van der Waals surface area contributed by atoms with Crippen LogP contribution in [0.25, 0.3) is 6.08 Å². The fourth-order valence-corrected chi connectivity index (χ4v) is 5.08. The molecular formula is C29H21Cl2N3O3S. The van der Waals surface area contributed by atoms with Gasteiger partial charge in [0.2, 0.25) is 0 Å². The number of carbonyl (C=O) groups excluding carboxylic acids is 1.